The number of hydrogen-bond donors (Lipinski definition) is 1. The SMILES string of the molecule is O=S(=O)(CCCCl)NC12CC3CC(CC(C3)C1)C2. The highest BCUT2D eigenvalue weighted by Gasteiger charge is 2.52. The Balaban J connectivity index is 1.72. The molecule has 18 heavy (non-hydrogen) atoms. The molecule has 4 rings (SSSR count). The summed E-state index contributed by atoms with van der Waals surface area (Å²) in [5.41, 5.74) is -0.0973. The highest BCUT2D eigenvalue weighted by atomic mass is 35.5. The Labute approximate surface area is 115 Å². The van der Waals surface area contributed by atoms with E-state index in [4.69, 9.17) is 11.6 Å². The Morgan fingerprint density at radius 1 is 1.06 bits per heavy atom. The van der Waals surface area contributed by atoms with Gasteiger partial charge in [0.2, 0.25) is 10.0 Å². The lowest BCUT2D eigenvalue weighted by Gasteiger charge is -2.56. The molecule has 4 aliphatic carbocycles. The second-order valence-electron chi connectivity index (χ2n) is 6.66. The molecule has 4 aliphatic rings. The van der Waals surface area contributed by atoms with Crippen LogP contribution in [0.1, 0.15) is 44.9 Å². The molecule has 0 heterocycles. The predicted molar refractivity (Wildman–Crippen MR) is 73.2 cm³/mol. The molecule has 0 aliphatic heterocycles. The van der Waals surface area contributed by atoms with Gasteiger partial charge in [-0.1, -0.05) is 0 Å². The summed E-state index contributed by atoms with van der Waals surface area (Å²) in [5.74, 6) is 2.91. The minimum Gasteiger partial charge on any atom is -0.212 e. The molecule has 0 unspecified atom stereocenters. The van der Waals surface area contributed by atoms with Gasteiger partial charge in [0.25, 0.3) is 0 Å². The summed E-state index contributed by atoms with van der Waals surface area (Å²) in [5, 5.41) is 0. The summed E-state index contributed by atoms with van der Waals surface area (Å²) in [7, 11) is -3.14. The van der Waals surface area contributed by atoms with Crippen LogP contribution in [0.5, 0.6) is 0 Å². The molecule has 0 amide bonds. The van der Waals surface area contributed by atoms with Gasteiger partial charge in [-0.25, -0.2) is 13.1 Å². The summed E-state index contributed by atoms with van der Waals surface area (Å²) in [6.07, 6.45) is 7.76. The first kappa shape index (κ1) is 13.2. The second kappa shape index (κ2) is 4.64. The van der Waals surface area contributed by atoms with E-state index >= 15 is 0 Å². The number of rotatable bonds is 5. The highest BCUT2D eigenvalue weighted by Crippen LogP contribution is 2.55. The molecular weight excluding hydrogens is 270 g/mol. The first-order valence-electron chi connectivity index (χ1n) is 7.08. The van der Waals surface area contributed by atoms with E-state index in [0.29, 0.717) is 12.3 Å². The quantitative estimate of drug-likeness (QED) is 0.791. The van der Waals surface area contributed by atoms with Crippen molar-refractivity contribution in [2.75, 3.05) is 11.6 Å². The van der Waals surface area contributed by atoms with Crippen LogP contribution in [-0.4, -0.2) is 25.6 Å². The average molecular weight is 292 g/mol. The Morgan fingerprint density at radius 3 is 2.00 bits per heavy atom. The lowest BCUT2D eigenvalue weighted by molar-refractivity contribution is -0.00809. The van der Waals surface area contributed by atoms with E-state index in [-0.39, 0.29) is 11.3 Å². The van der Waals surface area contributed by atoms with E-state index in [1.165, 1.54) is 19.3 Å². The van der Waals surface area contributed by atoms with Crippen molar-refractivity contribution in [2.45, 2.75) is 50.5 Å². The lowest BCUT2D eigenvalue weighted by Crippen LogP contribution is -2.60. The minimum atomic E-state index is -3.14. The normalized spacial score (nSPS) is 42.4. The van der Waals surface area contributed by atoms with E-state index in [1.807, 2.05) is 0 Å². The maximum Gasteiger partial charge on any atom is 0.212 e. The fourth-order valence-electron chi connectivity index (χ4n) is 4.86. The van der Waals surface area contributed by atoms with Crippen molar-refractivity contribution in [3.05, 3.63) is 0 Å². The summed E-state index contributed by atoms with van der Waals surface area (Å²) in [4.78, 5) is 0. The van der Waals surface area contributed by atoms with Crippen LogP contribution >= 0.6 is 11.6 Å². The maximum atomic E-state index is 12.1. The van der Waals surface area contributed by atoms with Crippen molar-refractivity contribution in [3.63, 3.8) is 0 Å². The van der Waals surface area contributed by atoms with E-state index in [1.54, 1.807) is 0 Å². The van der Waals surface area contributed by atoms with Gasteiger partial charge in [-0.15, -0.1) is 11.6 Å². The molecule has 0 aromatic heterocycles. The zero-order valence-corrected chi connectivity index (χ0v) is 12.3. The van der Waals surface area contributed by atoms with Crippen LogP contribution in [0.4, 0.5) is 0 Å². The van der Waals surface area contributed by atoms with Gasteiger partial charge in [0.15, 0.2) is 0 Å². The monoisotopic (exact) mass is 291 g/mol. The van der Waals surface area contributed by atoms with Gasteiger partial charge < -0.3 is 0 Å². The molecule has 0 atom stereocenters. The topological polar surface area (TPSA) is 46.2 Å². The zero-order valence-electron chi connectivity index (χ0n) is 10.7. The first-order valence-corrected chi connectivity index (χ1v) is 9.27. The van der Waals surface area contributed by atoms with E-state index < -0.39 is 10.0 Å². The molecular formula is C13H22ClNO2S. The smallest absolute Gasteiger partial charge is 0.212 e. The van der Waals surface area contributed by atoms with Crippen LogP contribution in [0.15, 0.2) is 0 Å². The molecule has 4 fully saturated rings. The number of alkyl halides is 1. The molecule has 4 bridgehead atoms. The maximum absolute atomic E-state index is 12.1. The summed E-state index contributed by atoms with van der Waals surface area (Å²) in [6.45, 7) is 0. The molecule has 1 N–H and O–H groups in total. The molecule has 0 radical (unpaired) electrons. The predicted octanol–water partition coefficient (Wildman–Crippen LogP) is 2.50. The van der Waals surface area contributed by atoms with Crippen molar-refractivity contribution in [3.8, 4) is 0 Å². The number of halogens is 1. The van der Waals surface area contributed by atoms with Crippen molar-refractivity contribution in [1.29, 1.82) is 0 Å². The molecule has 3 nitrogen and oxygen atoms in total. The Hall–Kier alpha value is 0.200. The lowest BCUT2D eigenvalue weighted by atomic mass is 9.53. The summed E-state index contributed by atoms with van der Waals surface area (Å²) < 4.78 is 27.3. The third-order valence-electron chi connectivity index (χ3n) is 4.96. The summed E-state index contributed by atoms with van der Waals surface area (Å²) >= 11 is 5.59. The minimum absolute atomic E-state index is 0.0973. The fourth-order valence-corrected chi connectivity index (χ4v) is 6.69. The zero-order chi connectivity index (χ0) is 12.8. The Bertz CT molecular complexity index is 385. The third-order valence-corrected chi connectivity index (χ3v) is 6.79. The van der Waals surface area contributed by atoms with Crippen LogP contribution < -0.4 is 4.72 Å². The first-order chi connectivity index (χ1) is 8.50. The number of nitrogens with one attached hydrogen (secondary N) is 1. The molecule has 0 aromatic rings. The molecule has 5 heteroatoms. The van der Waals surface area contributed by atoms with E-state index in [2.05, 4.69) is 4.72 Å². The van der Waals surface area contributed by atoms with Gasteiger partial charge >= 0.3 is 0 Å². The summed E-state index contributed by atoms with van der Waals surface area (Å²) in [6, 6.07) is 0. The van der Waals surface area contributed by atoms with Crippen LogP contribution in [0, 0.1) is 17.8 Å². The van der Waals surface area contributed by atoms with Crippen molar-refractivity contribution in [2.24, 2.45) is 17.8 Å². The Kier molecular flexibility index (Phi) is 3.40. The molecule has 0 spiro atoms. The second-order valence-corrected chi connectivity index (χ2v) is 8.88. The fraction of sp³-hybridized carbons (Fsp3) is 1.00. The van der Waals surface area contributed by atoms with Gasteiger partial charge in [0.1, 0.15) is 0 Å². The van der Waals surface area contributed by atoms with E-state index in [9.17, 15) is 8.42 Å². The highest BCUT2D eigenvalue weighted by molar-refractivity contribution is 7.89. The van der Waals surface area contributed by atoms with Crippen molar-refractivity contribution < 1.29 is 8.42 Å². The average Bonchev–Trinajstić information content (AvgIpc) is 2.22. The number of sulfonamides is 1. The van der Waals surface area contributed by atoms with E-state index in [0.717, 1.165) is 37.0 Å². The standard InChI is InChI=1S/C13H22ClNO2S/c14-2-1-3-18(16,17)15-13-7-10-4-11(8-13)6-12(5-10)9-13/h10-12,15H,1-9H2. The number of hydrogen-bond acceptors (Lipinski definition) is 2. The van der Waals surface area contributed by atoms with Gasteiger partial charge in [0.05, 0.1) is 5.75 Å². The third kappa shape index (κ3) is 2.56. The molecule has 0 aromatic carbocycles. The van der Waals surface area contributed by atoms with Crippen molar-refractivity contribution in [1.82, 2.24) is 4.72 Å². The van der Waals surface area contributed by atoms with Gasteiger partial charge in [-0.2, -0.15) is 0 Å². The Morgan fingerprint density at radius 2 is 1.56 bits per heavy atom. The molecule has 0 saturated heterocycles. The van der Waals surface area contributed by atoms with Gasteiger partial charge in [0, 0.05) is 11.4 Å². The van der Waals surface area contributed by atoms with Crippen LogP contribution in [-0.2, 0) is 10.0 Å². The van der Waals surface area contributed by atoms with Crippen molar-refractivity contribution >= 4 is 21.6 Å². The van der Waals surface area contributed by atoms with Crippen LogP contribution in [0.2, 0.25) is 0 Å². The largest absolute Gasteiger partial charge is 0.212 e. The van der Waals surface area contributed by atoms with Crippen LogP contribution in [0.3, 0.4) is 0 Å². The van der Waals surface area contributed by atoms with Crippen LogP contribution in [0.25, 0.3) is 0 Å². The van der Waals surface area contributed by atoms with Gasteiger partial charge in [-0.3, -0.25) is 0 Å². The van der Waals surface area contributed by atoms with Gasteiger partial charge in [-0.05, 0) is 62.7 Å². The molecule has 4 saturated carbocycles. The molecule has 104 valence electrons.